The SMILES string of the molecule is COc1ccc(-c2ccc(C)c(-c3cc(C(F)(F)F)nn3-c3ccc(S(N)(=O)=O)cc3)c2)cc1. The molecule has 0 atom stereocenters. The number of nitrogens with zero attached hydrogens (tertiary/aromatic N) is 2. The summed E-state index contributed by atoms with van der Waals surface area (Å²) in [6.07, 6.45) is -4.66. The Bertz CT molecular complexity index is 1440. The Balaban J connectivity index is 1.87. The molecule has 10 heteroatoms. The first-order valence-corrected chi connectivity index (χ1v) is 11.6. The van der Waals surface area contributed by atoms with Crippen molar-refractivity contribution in [2.75, 3.05) is 7.11 Å². The van der Waals surface area contributed by atoms with Gasteiger partial charge in [0.15, 0.2) is 5.69 Å². The normalized spacial score (nSPS) is 12.1. The lowest BCUT2D eigenvalue weighted by atomic mass is 9.97. The van der Waals surface area contributed by atoms with Gasteiger partial charge < -0.3 is 4.74 Å². The van der Waals surface area contributed by atoms with E-state index >= 15 is 0 Å². The summed E-state index contributed by atoms with van der Waals surface area (Å²) in [4.78, 5) is -0.154. The number of aryl methyl sites for hydroxylation is 1. The molecule has 4 rings (SSSR count). The van der Waals surface area contributed by atoms with Gasteiger partial charge in [0, 0.05) is 5.56 Å². The first-order valence-electron chi connectivity index (χ1n) is 10.0. The highest BCUT2D eigenvalue weighted by Crippen LogP contribution is 2.36. The van der Waals surface area contributed by atoms with Crippen molar-refractivity contribution in [1.82, 2.24) is 9.78 Å². The molecule has 176 valence electrons. The van der Waals surface area contributed by atoms with Crippen LogP contribution in [-0.2, 0) is 16.2 Å². The second kappa shape index (κ2) is 8.62. The molecule has 1 aromatic heterocycles. The zero-order valence-electron chi connectivity index (χ0n) is 18.2. The Morgan fingerprint density at radius 3 is 2.09 bits per heavy atom. The van der Waals surface area contributed by atoms with Gasteiger partial charge in [-0.15, -0.1) is 0 Å². The number of methoxy groups -OCH3 is 1. The predicted octanol–water partition coefficient (Wildman–Crippen LogP) is 5.19. The molecule has 0 spiro atoms. The van der Waals surface area contributed by atoms with E-state index in [2.05, 4.69) is 5.10 Å². The molecule has 0 amide bonds. The molecule has 0 aliphatic heterocycles. The van der Waals surface area contributed by atoms with E-state index in [0.29, 0.717) is 11.3 Å². The van der Waals surface area contributed by atoms with Gasteiger partial charge in [0.05, 0.1) is 23.4 Å². The highest BCUT2D eigenvalue weighted by atomic mass is 32.2. The number of halogens is 3. The zero-order valence-corrected chi connectivity index (χ0v) is 19.0. The van der Waals surface area contributed by atoms with Crippen LogP contribution in [0.25, 0.3) is 28.1 Å². The Kier molecular flexibility index (Phi) is 5.96. The molecular formula is C24H20F3N3O3S. The Morgan fingerprint density at radius 1 is 0.912 bits per heavy atom. The minimum Gasteiger partial charge on any atom is -0.497 e. The minimum absolute atomic E-state index is 0.154. The summed E-state index contributed by atoms with van der Waals surface area (Å²) < 4.78 is 70.1. The lowest BCUT2D eigenvalue weighted by molar-refractivity contribution is -0.141. The molecule has 34 heavy (non-hydrogen) atoms. The summed E-state index contributed by atoms with van der Waals surface area (Å²) >= 11 is 0. The quantitative estimate of drug-likeness (QED) is 0.420. The summed E-state index contributed by atoms with van der Waals surface area (Å²) in [6.45, 7) is 1.79. The lowest BCUT2D eigenvalue weighted by Crippen LogP contribution is -2.12. The Morgan fingerprint density at radius 2 is 1.53 bits per heavy atom. The molecule has 3 aromatic carbocycles. The van der Waals surface area contributed by atoms with Gasteiger partial charge in [-0.1, -0.05) is 24.3 Å². The number of hydrogen-bond acceptors (Lipinski definition) is 4. The van der Waals surface area contributed by atoms with E-state index in [1.807, 2.05) is 24.3 Å². The van der Waals surface area contributed by atoms with Crippen molar-refractivity contribution in [2.24, 2.45) is 5.14 Å². The topological polar surface area (TPSA) is 87.2 Å². The fourth-order valence-electron chi connectivity index (χ4n) is 3.55. The summed E-state index contributed by atoms with van der Waals surface area (Å²) in [5.41, 5.74) is 2.36. The molecule has 6 nitrogen and oxygen atoms in total. The van der Waals surface area contributed by atoms with Crippen molar-refractivity contribution >= 4 is 10.0 Å². The van der Waals surface area contributed by atoms with Crippen LogP contribution in [0.4, 0.5) is 13.2 Å². The van der Waals surface area contributed by atoms with Crippen LogP contribution < -0.4 is 9.88 Å². The maximum Gasteiger partial charge on any atom is 0.435 e. The van der Waals surface area contributed by atoms with E-state index in [1.54, 1.807) is 32.2 Å². The van der Waals surface area contributed by atoms with E-state index in [4.69, 9.17) is 9.88 Å². The highest BCUT2D eigenvalue weighted by molar-refractivity contribution is 7.89. The zero-order chi connectivity index (χ0) is 24.7. The second-order valence-corrected chi connectivity index (χ2v) is 9.18. The van der Waals surface area contributed by atoms with Crippen molar-refractivity contribution in [3.8, 4) is 33.8 Å². The van der Waals surface area contributed by atoms with Crippen molar-refractivity contribution in [3.05, 3.63) is 84.1 Å². The van der Waals surface area contributed by atoms with Gasteiger partial charge in [-0.3, -0.25) is 0 Å². The van der Waals surface area contributed by atoms with Gasteiger partial charge in [0.2, 0.25) is 10.0 Å². The van der Waals surface area contributed by atoms with E-state index in [9.17, 15) is 21.6 Å². The first-order chi connectivity index (χ1) is 16.0. The van der Waals surface area contributed by atoms with E-state index in [0.717, 1.165) is 27.4 Å². The van der Waals surface area contributed by atoms with Gasteiger partial charge in [-0.05, 0) is 72.1 Å². The van der Waals surface area contributed by atoms with Crippen LogP contribution in [0.5, 0.6) is 5.75 Å². The highest BCUT2D eigenvalue weighted by Gasteiger charge is 2.35. The third kappa shape index (κ3) is 4.68. The summed E-state index contributed by atoms with van der Waals surface area (Å²) in [5.74, 6) is 0.687. The van der Waals surface area contributed by atoms with Crippen molar-refractivity contribution in [2.45, 2.75) is 18.0 Å². The average Bonchev–Trinajstić information content (AvgIpc) is 3.25. The molecule has 0 aliphatic rings. The molecule has 0 fully saturated rings. The van der Waals surface area contributed by atoms with E-state index in [-0.39, 0.29) is 16.3 Å². The van der Waals surface area contributed by atoms with Gasteiger partial charge in [0.1, 0.15) is 5.75 Å². The fourth-order valence-corrected chi connectivity index (χ4v) is 4.06. The lowest BCUT2D eigenvalue weighted by Gasteiger charge is -2.13. The summed E-state index contributed by atoms with van der Waals surface area (Å²) in [5, 5.41) is 8.91. The molecular weight excluding hydrogens is 467 g/mol. The van der Waals surface area contributed by atoms with E-state index in [1.165, 1.54) is 24.3 Å². The molecule has 0 aliphatic carbocycles. The van der Waals surface area contributed by atoms with Gasteiger partial charge in [-0.25, -0.2) is 18.2 Å². The van der Waals surface area contributed by atoms with Crippen molar-refractivity contribution < 1.29 is 26.3 Å². The van der Waals surface area contributed by atoms with Crippen molar-refractivity contribution in [1.29, 1.82) is 0 Å². The van der Waals surface area contributed by atoms with Crippen LogP contribution >= 0.6 is 0 Å². The largest absolute Gasteiger partial charge is 0.497 e. The number of alkyl halides is 3. The van der Waals surface area contributed by atoms with Crippen LogP contribution in [0.1, 0.15) is 11.3 Å². The smallest absolute Gasteiger partial charge is 0.435 e. The van der Waals surface area contributed by atoms with Crippen LogP contribution in [0, 0.1) is 6.92 Å². The maximum absolute atomic E-state index is 13.6. The number of ether oxygens (including phenoxy) is 1. The molecule has 1 heterocycles. The summed E-state index contributed by atoms with van der Waals surface area (Å²) in [7, 11) is -2.39. The number of aromatic nitrogens is 2. The molecule has 0 saturated heterocycles. The molecule has 0 bridgehead atoms. The van der Waals surface area contributed by atoms with Crippen LogP contribution in [0.2, 0.25) is 0 Å². The van der Waals surface area contributed by atoms with Gasteiger partial charge in [-0.2, -0.15) is 18.3 Å². The molecule has 0 saturated carbocycles. The number of hydrogen-bond donors (Lipinski definition) is 1. The van der Waals surface area contributed by atoms with Gasteiger partial charge in [0.25, 0.3) is 0 Å². The van der Waals surface area contributed by atoms with Crippen LogP contribution in [-0.4, -0.2) is 25.3 Å². The molecule has 4 aromatic rings. The molecule has 2 N–H and O–H groups in total. The number of rotatable bonds is 5. The second-order valence-electron chi connectivity index (χ2n) is 7.62. The van der Waals surface area contributed by atoms with Crippen LogP contribution in [0.3, 0.4) is 0 Å². The van der Waals surface area contributed by atoms with Gasteiger partial charge >= 0.3 is 6.18 Å². The Labute approximate surface area is 194 Å². The Hall–Kier alpha value is -3.63. The third-order valence-corrected chi connectivity index (χ3v) is 6.28. The number of benzene rings is 3. The number of sulfonamides is 1. The van der Waals surface area contributed by atoms with Crippen molar-refractivity contribution in [3.63, 3.8) is 0 Å². The fraction of sp³-hybridized carbons (Fsp3) is 0.125. The predicted molar refractivity (Wildman–Crippen MR) is 122 cm³/mol. The molecule has 0 radical (unpaired) electrons. The average molecular weight is 488 g/mol. The molecule has 0 unspecified atom stereocenters. The van der Waals surface area contributed by atoms with E-state index < -0.39 is 21.9 Å². The standard InChI is InChI=1S/C24H20F3N3O3S/c1-15-3-4-17(16-5-9-19(33-2)10-6-16)13-21(15)22-14-23(24(25,26)27)29-30(22)18-7-11-20(12-8-18)34(28,31)32/h3-14H,1-2H3,(H2,28,31,32). The van der Waals surface area contributed by atoms with Crippen LogP contribution in [0.15, 0.2) is 77.7 Å². The number of primary sulfonamides is 1. The monoisotopic (exact) mass is 487 g/mol. The summed E-state index contributed by atoms with van der Waals surface area (Å²) in [6, 6.07) is 19.0. The minimum atomic E-state index is -4.66. The third-order valence-electron chi connectivity index (χ3n) is 5.35. The maximum atomic E-state index is 13.6. The number of nitrogens with two attached hydrogens (primary N) is 1. The first kappa shape index (κ1) is 23.5.